The van der Waals surface area contributed by atoms with Crippen LogP contribution in [0.3, 0.4) is 0 Å². The third kappa shape index (κ3) is 9.41. The second-order valence-corrected chi connectivity index (χ2v) is 21.8. The summed E-state index contributed by atoms with van der Waals surface area (Å²) in [4.78, 5) is 12.9. The molecule has 5 nitrogen and oxygen atoms in total. The first-order chi connectivity index (χ1) is 21.8. The van der Waals surface area contributed by atoms with Crippen molar-refractivity contribution >= 4 is 36.6 Å². The summed E-state index contributed by atoms with van der Waals surface area (Å²) in [6.45, 7) is 14.2. The molecule has 0 radical (unpaired) electrons. The van der Waals surface area contributed by atoms with Crippen molar-refractivity contribution in [2.45, 2.75) is 97.7 Å². The van der Waals surface area contributed by atoms with Gasteiger partial charge in [-0.3, -0.25) is 9.36 Å². The molecule has 3 aromatic carbocycles. The molecular formula is C39H57N2O3P2+. The van der Waals surface area contributed by atoms with Gasteiger partial charge in [0.25, 0.3) is 7.52 Å². The monoisotopic (exact) mass is 663 g/mol. The highest BCUT2D eigenvalue weighted by Crippen LogP contribution is 2.62. The molecule has 1 fully saturated rings. The van der Waals surface area contributed by atoms with Crippen LogP contribution in [0.5, 0.6) is 0 Å². The normalized spacial score (nSPS) is 16.6. The Hall–Kier alpha value is -2.29. The number of rotatable bonds is 14. The van der Waals surface area contributed by atoms with Crippen LogP contribution in [0.1, 0.15) is 86.5 Å². The summed E-state index contributed by atoms with van der Waals surface area (Å²) in [6, 6.07) is 33.3. The molecular weight excluding hydrogens is 606 g/mol. The molecule has 4 rings (SSSR count). The molecule has 3 aromatic rings. The first kappa shape index (κ1) is 36.5. The smallest absolute Gasteiger partial charge is 0.277 e. The van der Waals surface area contributed by atoms with E-state index in [1.807, 2.05) is 20.8 Å². The summed E-state index contributed by atoms with van der Waals surface area (Å²) in [5.41, 5.74) is -0.0520. The summed E-state index contributed by atoms with van der Waals surface area (Å²) < 4.78 is 22.4. The molecule has 1 heterocycles. The van der Waals surface area contributed by atoms with E-state index in [1.54, 1.807) is 0 Å². The zero-order chi connectivity index (χ0) is 33.3. The molecule has 250 valence electrons. The van der Waals surface area contributed by atoms with Gasteiger partial charge < -0.3 is 9.84 Å². The summed E-state index contributed by atoms with van der Waals surface area (Å²) in [5.74, 6) is 0.140. The lowest BCUT2D eigenvalue weighted by atomic mass is 9.99. The Balaban J connectivity index is 1.27. The van der Waals surface area contributed by atoms with Gasteiger partial charge in [0.05, 0.1) is 17.9 Å². The minimum absolute atomic E-state index is 0.0520. The van der Waals surface area contributed by atoms with E-state index in [9.17, 15) is 9.36 Å². The predicted molar refractivity (Wildman–Crippen MR) is 199 cm³/mol. The van der Waals surface area contributed by atoms with Gasteiger partial charge in [-0.15, -0.1) is 0 Å². The van der Waals surface area contributed by atoms with Crippen LogP contribution < -0.4 is 21.2 Å². The van der Waals surface area contributed by atoms with Gasteiger partial charge in [0, 0.05) is 25.6 Å². The Morgan fingerprint density at radius 2 is 1.22 bits per heavy atom. The number of hydrogen-bond acceptors (Lipinski definition) is 3. The van der Waals surface area contributed by atoms with Crippen molar-refractivity contribution < 1.29 is 13.9 Å². The van der Waals surface area contributed by atoms with E-state index in [2.05, 4.69) is 122 Å². The molecule has 1 saturated heterocycles. The number of unbranched alkanes of at least 4 members (excludes halogenated alkanes) is 3. The van der Waals surface area contributed by atoms with Gasteiger partial charge in [0.2, 0.25) is 5.91 Å². The first-order valence-electron chi connectivity index (χ1n) is 17.2. The summed E-state index contributed by atoms with van der Waals surface area (Å²) in [7, 11) is -4.81. The fraction of sp³-hybridized carbons (Fsp3) is 0.513. The standard InChI is InChI=1S/C39H56N2O3P2/c1-38(2,3)32-44-46(43,39(4,5)6)41-29-27-33(28-30-41)40-37(42)26-18-7-8-19-31-45(34-20-12-9-13-21-34,35-22-14-10-15-23-35)36-24-16-11-17-25-36/h9-17,20-25,33H,7-8,18-19,26-32H2,1-6H3/p+1. The highest BCUT2D eigenvalue weighted by atomic mass is 31.2. The van der Waals surface area contributed by atoms with E-state index >= 15 is 0 Å². The molecule has 1 aliphatic rings. The maximum atomic E-state index is 14.1. The van der Waals surface area contributed by atoms with E-state index in [0.29, 0.717) is 26.1 Å². The van der Waals surface area contributed by atoms with Crippen molar-refractivity contribution in [1.29, 1.82) is 0 Å². The van der Waals surface area contributed by atoms with Gasteiger partial charge in [0.1, 0.15) is 23.2 Å². The number of amides is 1. The lowest BCUT2D eigenvalue weighted by molar-refractivity contribution is -0.122. The van der Waals surface area contributed by atoms with Crippen LogP contribution in [0.4, 0.5) is 0 Å². The van der Waals surface area contributed by atoms with Gasteiger partial charge in [-0.2, -0.15) is 0 Å². The van der Waals surface area contributed by atoms with Crippen LogP contribution in [0.2, 0.25) is 0 Å². The fourth-order valence-electron chi connectivity index (χ4n) is 6.42. The van der Waals surface area contributed by atoms with Gasteiger partial charge in [-0.1, -0.05) is 81.8 Å². The predicted octanol–water partition coefficient (Wildman–Crippen LogP) is 8.57. The summed E-state index contributed by atoms with van der Waals surface area (Å²) in [6.07, 6.45) is 7.46. The highest BCUT2D eigenvalue weighted by molar-refractivity contribution is 7.95. The number of piperidine rings is 1. The second-order valence-electron chi connectivity index (χ2n) is 15.0. The topological polar surface area (TPSA) is 58.6 Å². The SMILES string of the molecule is CC(C)(C)COP(=O)(N1CCC(NC(=O)CCCCCC[P+](c2ccccc2)(c2ccccc2)c2ccccc2)CC1)C(C)(C)C. The van der Waals surface area contributed by atoms with Gasteiger partial charge in [0.15, 0.2) is 0 Å². The van der Waals surface area contributed by atoms with Crippen LogP contribution in [-0.2, 0) is 13.9 Å². The van der Waals surface area contributed by atoms with Crippen molar-refractivity contribution in [3.05, 3.63) is 91.0 Å². The molecule has 0 aromatic heterocycles. The maximum absolute atomic E-state index is 14.1. The van der Waals surface area contributed by atoms with Crippen molar-refractivity contribution in [2.24, 2.45) is 5.41 Å². The molecule has 1 N–H and O–H groups in total. The molecule has 0 saturated carbocycles. The number of hydrogen-bond donors (Lipinski definition) is 1. The highest BCUT2D eigenvalue weighted by Gasteiger charge is 2.46. The number of carbonyl (C=O) groups is 1. The number of carbonyl (C=O) groups excluding carboxylic acids is 1. The Kier molecular flexibility index (Phi) is 12.9. The molecule has 1 amide bonds. The Morgan fingerprint density at radius 1 is 0.761 bits per heavy atom. The minimum atomic E-state index is -3.01. The van der Waals surface area contributed by atoms with E-state index < -0.39 is 19.9 Å². The van der Waals surface area contributed by atoms with Crippen molar-refractivity contribution in [1.82, 2.24) is 9.99 Å². The first-order valence-corrected chi connectivity index (χ1v) is 20.7. The second kappa shape index (κ2) is 16.2. The lowest BCUT2D eigenvalue weighted by Crippen LogP contribution is -2.45. The number of benzene rings is 3. The van der Waals surface area contributed by atoms with Crippen LogP contribution in [0, 0.1) is 5.41 Å². The zero-order valence-electron chi connectivity index (χ0n) is 29.1. The molecule has 1 unspecified atom stereocenters. The van der Waals surface area contributed by atoms with Gasteiger partial charge in [-0.05, 0) is 94.7 Å². The van der Waals surface area contributed by atoms with E-state index in [4.69, 9.17) is 4.52 Å². The third-order valence-corrected chi connectivity index (χ3v) is 16.8. The van der Waals surface area contributed by atoms with E-state index in [-0.39, 0.29) is 17.4 Å². The molecule has 0 bridgehead atoms. The minimum Gasteiger partial charge on any atom is -0.353 e. The fourth-order valence-corrected chi connectivity index (χ4v) is 13.6. The Bertz CT molecular complexity index is 1300. The number of nitrogens with zero attached hydrogens (tertiary/aromatic N) is 1. The Morgan fingerprint density at radius 3 is 1.65 bits per heavy atom. The molecule has 1 atom stereocenters. The largest absolute Gasteiger partial charge is 0.353 e. The zero-order valence-corrected chi connectivity index (χ0v) is 30.9. The van der Waals surface area contributed by atoms with Crippen molar-refractivity contribution in [3.63, 3.8) is 0 Å². The van der Waals surface area contributed by atoms with Crippen molar-refractivity contribution in [3.8, 4) is 0 Å². The quantitative estimate of drug-likeness (QED) is 0.139. The molecule has 46 heavy (non-hydrogen) atoms. The third-order valence-electron chi connectivity index (χ3n) is 8.97. The maximum Gasteiger partial charge on any atom is 0.277 e. The average Bonchev–Trinajstić information content (AvgIpc) is 3.04. The lowest BCUT2D eigenvalue weighted by Gasteiger charge is -2.43. The van der Waals surface area contributed by atoms with E-state index in [1.165, 1.54) is 15.9 Å². The van der Waals surface area contributed by atoms with Crippen LogP contribution in [-0.4, -0.2) is 47.6 Å². The molecule has 0 aliphatic carbocycles. The van der Waals surface area contributed by atoms with E-state index in [0.717, 1.165) is 44.7 Å². The molecule has 0 spiro atoms. The molecule has 7 heteroatoms. The van der Waals surface area contributed by atoms with Gasteiger partial charge >= 0.3 is 0 Å². The molecule has 1 aliphatic heterocycles. The van der Waals surface area contributed by atoms with Gasteiger partial charge in [-0.25, -0.2) is 4.67 Å². The average molecular weight is 664 g/mol. The summed E-state index contributed by atoms with van der Waals surface area (Å²) >= 11 is 0. The summed E-state index contributed by atoms with van der Waals surface area (Å²) in [5, 5.41) is 7.10. The Labute approximate surface area is 279 Å². The van der Waals surface area contributed by atoms with Crippen LogP contribution in [0.25, 0.3) is 0 Å². The number of nitrogens with one attached hydrogen (secondary N) is 1. The van der Waals surface area contributed by atoms with Crippen molar-refractivity contribution in [2.75, 3.05) is 25.9 Å². The van der Waals surface area contributed by atoms with Crippen LogP contribution >= 0.6 is 14.8 Å². The van der Waals surface area contributed by atoms with Crippen LogP contribution in [0.15, 0.2) is 91.0 Å².